The van der Waals surface area contributed by atoms with Gasteiger partial charge < -0.3 is 0 Å². The normalized spacial score (nSPS) is 42.7. The Kier molecular flexibility index (Phi) is 1.85. The zero-order valence-electron chi connectivity index (χ0n) is 9.85. The second-order valence-corrected chi connectivity index (χ2v) is 6.91. The van der Waals surface area contributed by atoms with Gasteiger partial charge in [-0.05, 0) is 47.8 Å². The smallest absolute Gasteiger partial charge is 0.0295 e. The fourth-order valence-electron chi connectivity index (χ4n) is 4.00. The first kappa shape index (κ1) is 9.55. The van der Waals surface area contributed by atoms with Crippen LogP contribution >= 0.6 is 0 Å². The van der Waals surface area contributed by atoms with Crippen molar-refractivity contribution in [2.45, 2.75) is 53.9 Å². The van der Waals surface area contributed by atoms with Crippen LogP contribution in [0.3, 0.4) is 0 Å². The minimum absolute atomic E-state index is 0.539. The van der Waals surface area contributed by atoms with Gasteiger partial charge in [0.05, 0.1) is 0 Å². The fourth-order valence-corrected chi connectivity index (χ4v) is 4.00. The van der Waals surface area contributed by atoms with Gasteiger partial charge in [-0.3, -0.25) is 0 Å². The molecule has 0 amide bonds. The Morgan fingerprint density at radius 3 is 1.92 bits per heavy atom. The van der Waals surface area contributed by atoms with Crippen molar-refractivity contribution >= 4 is 0 Å². The van der Waals surface area contributed by atoms with E-state index in [0.717, 1.165) is 17.8 Å². The van der Waals surface area contributed by atoms with Crippen molar-refractivity contribution < 1.29 is 0 Å². The Balaban J connectivity index is 2.23. The van der Waals surface area contributed by atoms with Crippen LogP contribution in [0.1, 0.15) is 53.9 Å². The molecule has 2 fully saturated rings. The lowest BCUT2D eigenvalue weighted by Gasteiger charge is -2.36. The average molecular weight is 180 g/mol. The van der Waals surface area contributed by atoms with Crippen molar-refractivity contribution in [3.63, 3.8) is 0 Å². The van der Waals surface area contributed by atoms with Crippen LogP contribution in [0.25, 0.3) is 0 Å². The molecule has 0 heteroatoms. The molecule has 2 aliphatic rings. The highest BCUT2D eigenvalue weighted by Crippen LogP contribution is 2.63. The van der Waals surface area contributed by atoms with Crippen molar-refractivity contribution in [2.75, 3.05) is 0 Å². The van der Waals surface area contributed by atoms with Gasteiger partial charge >= 0.3 is 0 Å². The van der Waals surface area contributed by atoms with Crippen molar-refractivity contribution in [1.29, 1.82) is 0 Å². The molecule has 0 radical (unpaired) electrons. The molecule has 0 spiro atoms. The molecule has 2 aliphatic carbocycles. The molecule has 3 atom stereocenters. The molecule has 0 aliphatic heterocycles. The summed E-state index contributed by atoms with van der Waals surface area (Å²) in [5, 5.41) is 0. The van der Waals surface area contributed by atoms with E-state index in [-0.39, 0.29) is 0 Å². The maximum atomic E-state index is 2.50. The topological polar surface area (TPSA) is 0 Å². The molecule has 76 valence electrons. The first-order valence-electron chi connectivity index (χ1n) is 5.83. The largest absolute Gasteiger partial charge is 0.0599 e. The zero-order valence-corrected chi connectivity index (χ0v) is 9.85. The molecule has 0 heterocycles. The Morgan fingerprint density at radius 2 is 1.69 bits per heavy atom. The molecule has 3 unspecified atom stereocenters. The lowest BCUT2D eigenvalue weighted by Crippen LogP contribution is -2.28. The lowest BCUT2D eigenvalue weighted by molar-refractivity contribution is 0.135. The summed E-state index contributed by atoms with van der Waals surface area (Å²) in [6, 6.07) is 0. The summed E-state index contributed by atoms with van der Waals surface area (Å²) in [6.45, 7) is 12.3. The van der Waals surface area contributed by atoms with Gasteiger partial charge in [0, 0.05) is 0 Å². The molecular formula is C13H24. The minimum Gasteiger partial charge on any atom is -0.0599 e. The number of rotatable bonds is 0. The van der Waals surface area contributed by atoms with E-state index >= 15 is 0 Å². The Morgan fingerprint density at radius 1 is 1.08 bits per heavy atom. The monoisotopic (exact) mass is 180 g/mol. The Bertz CT molecular complexity index is 207. The summed E-state index contributed by atoms with van der Waals surface area (Å²) in [7, 11) is 0. The van der Waals surface area contributed by atoms with E-state index in [1.807, 2.05) is 0 Å². The maximum Gasteiger partial charge on any atom is -0.0295 e. The van der Waals surface area contributed by atoms with Crippen LogP contribution in [0, 0.1) is 28.6 Å². The highest BCUT2D eigenvalue weighted by molar-refractivity contribution is 5.04. The van der Waals surface area contributed by atoms with Crippen molar-refractivity contribution in [3.05, 3.63) is 0 Å². The van der Waals surface area contributed by atoms with Crippen molar-refractivity contribution in [2.24, 2.45) is 28.6 Å². The first-order valence-corrected chi connectivity index (χ1v) is 5.83. The van der Waals surface area contributed by atoms with Gasteiger partial charge in [-0.1, -0.05) is 34.6 Å². The molecule has 2 rings (SSSR count). The van der Waals surface area contributed by atoms with Gasteiger partial charge in [0.2, 0.25) is 0 Å². The van der Waals surface area contributed by atoms with Crippen LogP contribution in [0.4, 0.5) is 0 Å². The summed E-state index contributed by atoms with van der Waals surface area (Å²) < 4.78 is 0. The lowest BCUT2D eigenvalue weighted by atomic mass is 9.69. The third-order valence-corrected chi connectivity index (χ3v) is 4.97. The molecule has 2 saturated carbocycles. The van der Waals surface area contributed by atoms with Gasteiger partial charge in [0.15, 0.2) is 0 Å². The fraction of sp³-hybridized carbons (Fsp3) is 1.00. The third-order valence-electron chi connectivity index (χ3n) is 4.97. The summed E-state index contributed by atoms with van der Waals surface area (Å²) in [6.07, 6.45) is 4.50. The summed E-state index contributed by atoms with van der Waals surface area (Å²) in [4.78, 5) is 0. The molecular weight excluding hydrogens is 156 g/mol. The molecule has 2 bridgehead atoms. The van der Waals surface area contributed by atoms with Crippen LogP contribution in [0.15, 0.2) is 0 Å². The van der Waals surface area contributed by atoms with E-state index in [1.54, 1.807) is 0 Å². The van der Waals surface area contributed by atoms with E-state index in [1.165, 1.54) is 19.3 Å². The molecule has 0 aromatic heterocycles. The van der Waals surface area contributed by atoms with Crippen LogP contribution in [0.5, 0.6) is 0 Å². The molecule has 0 saturated heterocycles. The van der Waals surface area contributed by atoms with Gasteiger partial charge in [0.25, 0.3) is 0 Å². The van der Waals surface area contributed by atoms with E-state index < -0.39 is 0 Å². The summed E-state index contributed by atoms with van der Waals surface area (Å²) in [5.74, 6) is 3.03. The standard InChI is InChI=1S/C13H24/c1-12(2,3)11-8-9-6-7-10(11)13(9,4)5/h9-11H,6-8H2,1-5H3. The van der Waals surface area contributed by atoms with Gasteiger partial charge in [-0.2, -0.15) is 0 Å². The van der Waals surface area contributed by atoms with Crippen LogP contribution < -0.4 is 0 Å². The van der Waals surface area contributed by atoms with Crippen molar-refractivity contribution in [1.82, 2.24) is 0 Å². The number of hydrogen-bond acceptors (Lipinski definition) is 0. The summed E-state index contributed by atoms with van der Waals surface area (Å²) >= 11 is 0. The predicted molar refractivity (Wildman–Crippen MR) is 57.6 cm³/mol. The van der Waals surface area contributed by atoms with Gasteiger partial charge in [0.1, 0.15) is 0 Å². The zero-order chi connectivity index (χ0) is 9.85. The molecule has 0 nitrogen and oxygen atoms in total. The second kappa shape index (κ2) is 2.52. The molecule has 0 aromatic rings. The number of hydrogen-bond donors (Lipinski definition) is 0. The quantitative estimate of drug-likeness (QED) is 0.526. The highest BCUT2D eigenvalue weighted by atomic mass is 14.6. The SMILES string of the molecule is CC(C)(C)C1CC2CCC1C2(C)C. The molecule has 0 aromatic carbocycles. The van der Waals surface area contributed by atoms with Crippen molar-refractivity contribution in [3.8, 4) is 0 Å². The first-order chi connectivity index (χ1) is 5.83. The van der Waals surface area contributed by atoms with Crippen LogP contribution in [-0.2, 0) is 0 Å². The van der Waals surface area contributed by atoms with E-state index in [4.69, 9.17) is 0 Å². The average Bonchev–Trinajstić information content (AvgIpc) is 2.39. The Hall–Kier alpha value is 0. The minimum atomic E-state index is 0.539. The third kappa shape index (κ3) is 1.25. The van der Waals surface area contributed by atoms with Crippen LogP contribution in [0.2, 0.25) is 0 Å². The molecule has 0 N–H and O–H groups in total. The van der Waals surface area contributed by atoms with Crippen LogP contribution in [-0.4, -0.2) is 0 Å². The van der Waals surface area contributed by atoms with E-state index in [2.05, 4.69) is 34.6 Å². The predicted octanol–water partition coefficient (Wildman–Crippen LogP) is 4.10. The second-order valence-electron chi connectivity index (χ2n) is 6.91. The summed E-state index contributed by atoms with van der Waals surface area (Å²) in [5.41, 5.74) is 1.19. The number of fused-ring (bicyclic) bond motifs is 2. The van der Waals surface area contributed by atoms with E-state index in [0.29, 0.717) is 10.8 Å². The van der Waals surface area contributed by atoms with E-state index in [9.17, 15) is 0 Å². The molecule has 13 heavy (non-hydrogen) atoms. The Labute approximate surface area is 83.1 Å². The van der Waals surface area contributed by atoms with Gasteiger partial charge in [-0.25, -0.2) is 0 Å². The highest BCUT2D eigenvalue weighted by Gasteiger charge is 2.55. The maximum absolute atomic E-state index is 2.50. The van der Waals surface area contributed by atoms with Gasteiger partial charge in [-0.15, -0.1) is 0 Å².